The number of fused-ring (bicyclic) bond motifs is 3. The van der Waals surface area contributed by atoms with Crippen LogP contribution in [-0.4, -0.2) is 32.6 Å². The Labute approximate surface area is 247 Å². The predicted molar refractivity (Wildman–Crippen MR) is 159 cm³/mol. The SMILES string of the molecule is O=[N+]([O-])c1ccccc1S(=O)(=O)N1CCc2oc3c(OCc4ccccc4)cc(NS(=O)(=O)c4ccccc4)cc3c2C1. The van der Waals surface area contributed by atoms with E-state index in [9.17, 15) is 26.9 Å². The van der Waals surface area contributed by atoms with Gasteiger partial charge in [0.25, 0.3) is 15.7 Å². The summed E-state index contributed by atoms with van der Waals surface area (Å²) in [6, 6.07) is 25.6. The molecule has 4 aromatic carbocycles. The Morgan fingerprint density at radius 1 is 0.907 bits per heavy atom. The molecule has 0 radical (unpaired) electrons. The van der Waals surface area contributed by atoms with E-state index in [1.54, 1.807) is 24.3 Å². The zero-order chi connectivity index (χ0) is 30.2. The van der Waals surface area contributed by atoms with Crippen molar-refractivity contribution >= 4 is 42.4 Å². The molecule has 6 rings (SSSR count). The van der Waals surface area contributed by atoms with Crippen molar-refractivity contribution in [3.63, 3.8) is 0 Å². The fraction of sp³-hybridized carbons (Fsp3) is 0.133. The Bertz CT molecular complexity index is 2050. The molecule has 0 aliphatic carbocycles. The third-order valence-corrected chi connectivity index (χ3v) is 10.4. The van der Waals surface area contributed by atoms with Gasteiger partial charge in [-0.2, -0.15) is 4.31 Å². The standard InChI is InChI=1S/C30H25N3O8S2/c34-33(35)26-13-7-8-14-29(26)43(38,39)32-16-15-27-25(19-32)24-17-22(31-42(36,37)23-11-5-2-6-12-23)18-28(30(24)41-27)40-20-21-9-3-1-4-10-21/h1-14,17-18,31H,15-16,19-20H2. The van der Waals surface area contributed by atoms with Gasteiger partial charge in [0.2, 0.25) is 10.0 Å². The molecule has 2 heterocycles. The molecule has 1 aliphatic heterocycles. The van der Waals surface area contributed by atoms with Crippen LogP contribution in [0.3, 0.4) is 0 Å². The number of rotatable bonds is 9. The Morgan fingerprint density at radius 3 is 2.30 bits per heavy atom. The van der Waals surface area contributed by atoms with E-state index in [1.165, 1.54) is 36.4 Å². The smallest absolute Gasteiger partial charge is 0.289 e. The largest absolute Gasteiger partial charge is 0.485 e. The summed E-state index contributed by atoms with van der Waals surface area (Å²) in [5, 5.41) is 12.0. The first kappa shape index (κ1) is 28.4. The third-order valence-electron chi connectivity index (χ3n) is 7.09. The molecule has 13 heteroatoms. The van der Waals surface area contributed by atoms with E-state index in [-0.39, 0.29) is 42.4 Å². The molecule has 0 fully saturated rings. The number of hydrogen-bond donors (Lipinski definition) is 1. The maximum absolute atomic E-state index is 13.6. The van der Waals surface area contributed by atoms with Crippen LogP contribution in [-0.2, 0) is 39.6 Å². The summed E-state index contributed by atoms with van der Waals surface area (Å²) in [5.41, 5.74) is 1.42. The third kappa shape index (κ3) is 5.57. The molecule has 0 unspecified atom stereocenters. The molecular formula is C30H25N3O8S2. The van der Waals surface area contributed by atoms with Gasteiger partial charge in [0, 0.05) is 42.6 Å². The second kappa shape index (κ2) is 11.2. The molecule has 0 saturated carbocycles. The fourth-order valence-corrected chi connectivity index (χ4v) is 7.64. The van der Waals surface area contributed by atoms with Crippen LogP contribution in [0.2, 0.25) is 0 Å². The number of anilines is 1. The lowest BCUT2D eigenvalue weighted by molar-refractivity contribution is -0.387. The van der Waals surface area contributed by atoms with E-state index in [0.717, 1.165) is 15.9 Å². The van der Waals surface area contributed by atoms with Crippen molar-refractivity contribution in [2.45, 2.75) is 29.4 Å². The lowest BCUT2D eigenvalue weighted by atomic mass is 10.1. The minimum Gasteiger partial charge on any atom is -0.485 e. The van der Waals surface area contributed by atoms with Gasteiger partial charge in [0.05, 0.1) is 15.5 Å². The van der Waals surface area contributed by atoms with Gasteiger partial charge in [-0.3, -0.25) is 14.8 Å². The summed E-state index contributed by atoms with van der Waals surface area (Å²) in [5.74, 6) is 0.797. The molecular weight excluding hydrogens is 594 g/mol. The summed E-state index contributed by atoms with van der Waals surface area (Å²) in [6.07, 6.45) is 0.201. The minimum atomic E-state index is -4.25. The average Bonchev–Trinajstić information content (AvgIpc) is 3.38. The normalized spacial score (nSPS) is 13.9. The molecule has 5 aromatic rings. The molecule has 1 aromatic heterocycles. The summed E-state index contributed by atoms with van der Waals surface area (Å²) in [7, 11) is -8.21. The summed E-state index contributed by atoms with van der Waals surface area (Å²) < 4.78 is 69.6. The van der Waals surface area contributed by atoms with E-state index in [4.69, 9.17) is 9.15 Å². The van der Waals surface area contributed by atoms with Crippen LogP contribution in [0.1, 0.15) is 16.9 Å². The number of nitrogens with zero attached hydrogens (tertiary/aromatic N) is 2. The Balaban J connectivity index is 1.41. The molecule has 43 heavy (non-hydrogen) atoms. The first-order valence-corrected chi connectivity index (χ1v) is 16.1. The van der Waals surface area contributed by atoms with Crippen LogP contribution in [0, 0.1) is 10.1 Å². The number of furan rings is 1. The van der Waals surface area contributed by atoms with Crippen LogP contribution in [0.5, 0.6) is 5.75 Å². The van der Waals surface area contributed by atoms with E-state index in [1.807, 2.05) is 30.3 Å². The van der Waals surface area contributed by atoms with Crippen LogP contribution in [0.15, 0.2) is 111 Å². The maximum atomic E-state index is 13.6. The number of nitrogens with one attached hydrogen (secondary N) is 1. The lowest BCUT2D eigenvalue weighted by Crippen LogP contribution is -2.35. The highest BCUT2D eigenvalue weighted by Crippen LogP contribution is 2.40. The molecule has 1 N–H and O–H groups in total. The summed E-state index contributed by atoms with van der Waals surface area (Å²) >= 11 is 0. The number of nitro benzene ring substituents is 1. The van der Waals surface area contributed by atoms with Crippen molar-refractivity contribution in [2.24, 2.45) is 0 Å². The van der Waals surface area contributed by atoms with Crippen molar-refractivity contribution in [2.75, 3.05) is 11.3 Å². The van der Waals surface area contributed by atoms with Crippen molar-refractivity contribution in [3.05, 3.63) is 124 Å². The van der Waals surface area contributed by atoms with Gasteiger partial charge in [0.1, 0.15) is 12.4 Å². The topological polar surface area (TPSA) is 149 Å². The summed E-state index contributed by atoms with van der Waals surface area (Å²) in [6.45, 7) is 0.0764. The molecule has 11 nitrogen and oxygen atoms in total. The monoisotopic (exact) mass is 619 g/mol. The highest BCUT2D eigenvalue weighted by Gasteiger charge is 2.36. The number of sulfonamides is 2. The fourth-order valence-electron chi connectivity index (χ4n) is 5.01. The Kier molecular flexibility index (Phi) is 7.38. The second-order valence-electron chi connectivity index (χ2n) is 9.86. The average molecular weight is 620 g/mol. The molecule has 220 valence electrons. The van der Waals surface area contributed by atoms with Crippen molar-refractivity contribution in [1.29, 1.82) is 0 Å². The molecule has 0 saturated heterocycles. The zero-order valence-corrected chi connectivity index (χ0v) is 24.2. The van der Waals surface area contributed by atoms with Gasteiger partial charge in [-0.15, -0.1) is 0 Å². The van der Waals surface area contributed by atoms with E-state index in [2.05, 4.69) is 4.72 Å². The number of hydrogen-bond acceptors (Lipinski definition) is 8. The number of nitro groups is 1. The first-order chi connectivity index (χ1) is 20.6. The highest BCUT2D eigenvalue weighted by atomic mass is 32.2. The van der Waals surface area contributed by atoms with Crippen LogP contribution >= 0.6 is 0 Å². The molecule has 0 amide bonds. The molecule has 1 aliphatic rings. The molecule has 0 atom stereocenters. The van der Waals surface area contributed by atoms with E-state index in [0.29, 0.717) is 22.3 Å². The van der Waals surface area contributed by atoms with E-state index < -0.39 is 35.6 Å². The number of benzene rings is 4. The van der Waals surface area contributed by atoms with Gasteiger partial charge in [-0.1, -0.05) is 60.7 Å². The van der Waals surface area contributed by atoms with Gasteiger partial charge < -0.3 is 9.15 Å². The molecule has 0 bridgehead atoms. The highest BCUT2D eigenvalue weighted by molar-refractivity contribution is 7.92. The van der Waals surface area contributed by atoms with Crippen LogP contribution in [0.4, 0.5) is 11.4 Å². The van der Waals surface area contributed by atoms with Gasteiger partial charge >= 0.3 is 0 Å². The van der Waals surface area contributed by atoms with Crippen LogP contribution in [0.25, 0.3) is 11.0 Å². The van der Waals surface area contributed by atoms with Crippen molar-refractivity contribution in [1.82, 2.24) is 4.31 Å². The predicted octanol–water partition coefficient (Wildman–Crippen LogP) is 5.47. The first-order valence-electron chi connectivity index (χ1n) is 13.2. The van der Waals surface area contributed by atoms with Crippen LogP contribution < -0.4 is 9.46 Å². The molecule has 0 spiro atoms. The van der Waals surface area contributed by atoms with Gasteiger partial charge in [-0.05, 0) is 29.8 Å². The Hall–Kier alpha value is -4.72. The van der Waals surface area contributed by atoms with Crippen molar-refractivity contribution < 1.29 is 30.9 Å². The summed E-state index contributed by atoms with van der Waals surface area (Å²) in [4.78, 5) is 10.5. The number of ether oxygens (including phenoxy) is 1. The zero-order valence-electron chi connectivity index (χ0n) is 22.5. The lowest BCUT2D eigenvalue weighted by Gasteiger charge is -2.25. The quantitative estimate of drug-likeness (QED) is 0.169. The van der Waals surface area contributed by atoms with E-state index >= 15 is 0 Å². The Morgan fingerprint density at radius 2 is 1.58 bits per heavy atom. The second-order valence-corrected chi connectivity index (χ2v) is 13.4. The van der Waals surface area contributed by atoms with Crippen molar-refractivity contribution in [3.8, 4) is 5.75 Å². The number of para-hydroxylation sites is 1. The maximum Gasteiger partial charge on any atom is 0.289 e. The van der Waals surface area contributed by atoms with Gasteiger partial charge in [0.15, 0.2) is 16.2 Å². The van der Waals surface area contributed by atoms with Gasteiger partial charge in [-0.25, -0.2) is 16.8 Å². The minimum absolute atomic E-state index is 0.0366.